The van der Waals surface area contributed by atoms with E-state index in [0.29, 0.717) is 146 Å². The molecule has 4 atom stereocenters. The third-order valence-electron chi connectivity index (χ3n) is 12.9. The molecule has 24 nitrogen and oxygen atoms in total. The van der Waals surface area contributed by atoms with Gasteiger partial charge in [-0.3, -0.25) is 14.4 Å². The second kappa shape index (κ2) is 28.4. The minimum Gasteiger partial charge on any atom is -0.481 e. The number of benzene rings is 1. The number of aliphatic carboxylic acids is 1. The van der Waals surface area contributed by atoms with Crippen molar-refractivity contribution in [3.63, 3.8) is 0 Å². The quantitative estimate of drug-likeness (QED) is 0.0355. The summed E-state index contributed by atoms with van der Waals surface area (Å²) in [7, 11) is 0. The summed E-state index contributed by atoms with van der Waals surface area (Å²) in [5.74, 6) is 2.95. The number of aromatic nitrogens is 10. The van der Waals surface area contributed by atoms with Gasteiger partial charge in [-0.25, -0.2) is 9.36 Å². The molecule has 1 aromatic carbocycles. The molecule has 75 heavy (non-hydrogen) atoms. The Labute approximate surface area is 444 Å². The molecule has 0 aliphatic carbocycles. The van der Waals surface area contributed by atoms with Crippen LogP contribution in [0.5, 0.6) is 0 Å². The summed E-state index contributed by atoms with van der Waals surface area (Å²) in [5, 5.41) is 31.3. The van der Waals surface area contributed by atoms with E-state index in [4.69, 9.17) is 47.1 Å². The molecule has 0 radical (unpaired) electrons. The van der Waals surface area contributed by atoms with Crippen LogP contribution in [0.4, 0.5) is 17.8 Å². The number of nitrogens with one attached hydrogen (secondary N) is 2. The molecular weight excluding hydrogens is 986 g/mol. The Morgan fingerprint density at radius 1 is 0.747 bits per heavy atom. The van der Waals surface area contributed by atoms with E-state index in [-0.39, 0.29) is 55.8 Å². The average molecular weight is 1060 g/mol. The molecule has 4 aromatic heterocycles. The van der Waals surface area contributed by atoms with Gasteiger partial charge in [-0.05, 0) is 48.6 Å². The number of anilines is 3. The van der Waals surface area contributed by atoms with Gasteiger partial charge in [0.05, 0.1) is 68.9 Å². The van der Waals surface area contributed by atoms with Crippen molar-refractivity contribution >= 4 is 58.9 Å². The maximum atomic E-state index is 14.7. The number of nitrogens with two attached hydrogens (primary N) is 2. The number of piperazine rings is 2. The number of carboxylic acid groups (broad SMARTS) is 1. The lowest BCUT2D eigenvalue weighted by molar-refractivity contribution is -0.139. The fraction of sp³-hybridized carbons (Fsp3) is 0.600. The molecule has 2 amide bonds. The van der Waals surface area contributed by atoms with Crippen molar-refractivity contribution in [2.45, 2.75) is 84.0 Å². The number of carbonyl (C=O) groups excluding carboxylic acids is 2. The highest BCUT2D eigenvalue weighted by Crippen LogP contribution is 2.27. The first-order chi connectivity index (χ1) is 35.8. The van der Waals surface area contributed by atoms with Crippen LogP contribution in [-0.2, 0) is 35.0 Å². The van der Waals surface area contributed by atoms with Crippen molar-refractivity contribution in [3.05, 3.63) is 59.8 Å². The fourth-order valence-electron chi connectivity index (χ4n) is 9.05. The van der Waals surface area contributed by atoms with Crippen LogP contribution in [0.15, 0.2) is 42.7 Å². The first kappa shape index (κ1) is 57.8. The second-order valence-corrected chi connectivity index (χ2v) is 19.6. The number of terminal acetylenes is 1. The number of H-pyrrole nitrogens is 1. The first-order valence-electron chi connectivity index (χ1n) is 25.6. The van der Waals surface area contributed by atoms with Gasteiger partial charge in [-0.1, -0.05) is 62.2 Å². The number of nitrogens with zero attached hydrogens (tertiary/aromatic N) is 13. The van der Waals surface area contributed by atoms with Crippen LogP contribution in [0.1, 0.15) is 94.6 Å². The topological polar surface area (TPSA) is 292 Å². The summed E-state index contributed by atoms with van der Waals surface area (Å²) >= 11 is 0. The molecule has 2 unspecified atom stereocenters. The number of para-hydroxylation sites is 1. The molecule has 0 saturated carbocycles. The van der Waals surface area contributed by atoms with E-state index in [0.717, 1.165) is 23.0 Å². The molecular formula is C50H74ClN17O7. The van der Waals surface area contributed by atoms with Gasteiger partial charge in [-0.15, -0.1) is 29.0 Å². The fourth-order valence-corrected chi connectivity index (χ4v) is 9.05. The highest BCUT2D eigenvalue weighted by molar-refractivity contribution is 5.85. The summed E-state index contributed by atoms with van der Waals surface area (Å²) in [6, 6.07) is 7.86. The van der Waals surface area contributed by atoms with E-state index >= 15 is 0 Å². The molecule has 7 N–H and O–H groups in total. The maximum Gasteiger partial charge on any atom is 0.303 e. The van der Waals surface area contributed by atoms with Crippen molar-refractivity contribution in [3.8, 4) is 12.3 Å². The molecule has 2 aliphatic heterocycles. The lowest BCUT2D eigenvalue weighted by atomic mass is 10.0. The first-order valence-corrected chi connectivity index (χ1v) is 25.6. The van der Waals surface area contributed by atoms with E-state index in [2.05, 4.69) is 70.6 Å². The zero-order valence-corrected chi connectivity index (χ0v) is 44.3. The Hall–Kier alpha value is -6.49. The molecule has 5 aromatic rings. The number of halogens is 1. The lowest BCUT2D eigenvalue weighted by Gasteiger charge is -2.38. The molecule has 7 rings (SSSR count). The number of carboxylic acids is 1. The van der Waals surface area contributed by atoms with Gasteiger partial charge >= 0.3 is 5.97 Å². The highest BCUT2D eigenvalue weighted by atomic mass is 35.5. The second-order valence-electron chi connectivity index (χ2n) is 19.6. The summed E-state index contributed by atoms with van der Waals surface area (Å²) in [5.41, 5.74) is 16.0. The van der Waals surface area contributed by atoms with Crippen molar-refractivity contribution in [1.82, 2.24) is 59.7 Å². The standard InChI is InChI=1S/C50H73N17O7.ClH/c1-6-22-72-24-26-74-27-25-73-23-13-53-48-55-49(64-18-14-62(15-19-64)46(70)43(11-12-45(68)69)66-32-41(58-60-66)38(51)28-34(2)3)57-50(56-48)65-20-16-63(17-21-65)47(71)44(31-37-30-36-9-7-8-10-40(36)54-37)67-33-42(59-61-67)39(52)29-35(4)5;/h1,7-10,30,32-35,38-39,43-44,54H,11-29,31,51-52H2,2-5H3,(H,68,69)(H,53,55,56,57);1H/t38?,39?,43-,44-;/m0./s1. The number of fused-ring (bicyclic) bond motifs is 1. The Morgan fingerprint density at radius 2 is 1.27 bits per heavy atom. The Kier molecular flexibility index (Phi) is 21.9. The SMILES string of the molecule is C#CCOCCOCCOCCNc1nc(N2CCN(C(=O)[C@H](CCC(=O)O)n3cc(C(N)CC(C)C)nn3)CC2)nc(N2CCN(C(=O)[C@H](Cc3cc4ccccc4[nH]3)n3cc(C(N)CC(C)C)nn3)CC2)n1.Cl. The number of carbonyl (C=O) groups is 3. The Bertz CT molecular complexity index is 2590. The molecule has 0 bridgehead atoms. The molecule has 2 saturated heterocycles. The van der Waals surface area contributed by atoms with E-state index in [9.17, 15) is 19.5 Å². The summed E-state index contributed by atoms with van der Waals surface area (Å²) in [6.45, 7) is 14.0. The third-order valence-corrected chi connectivity index (χ3v) is 12.9. The van der Waals surface area contributed by atoms with Gasteiger partial charge in [0.25, 0.3) is 0 Å². The van der Waals surface area contributed by atoms with E-state index < -0.39 is 18.1 Å². The zero-order valence-electron chi connectivity index (χ0n) is 43.5. The molecule has 408 valence electrons. The van der Waals surface area contributed by atoms with Gasteiger partial charge in [0.15, 0.2) is 0 Å². The van der Waals surface area contributed by atoms with Crippen LogP contribution in [-0.4, -0.2) is 181 Å². The van der Waals surface area contributed by atoms with Crippen molar-refractivity contribution < 1.29 is 33.7 Å². The smallest absolute Gasteiger partial charge is 0.303 e. The molecule has 6 heterocycles. The minimum atomic E-state index is -1.01. The van der Waals surface area contributed by atoms with Crippen molar-refractivity contribution in [2.75, 3.05) is 114 Å². The van der Waals surface area contributed by atoms with Gasteiger partial charge in [-0.2, -0.15) is 15.0 Å². The molecule has 25 heteroatoms. The van der Waals surface area contributed by atoms with Crippen molar-refractivity contribution in [2.24, 2.45) is 23.3 Å². The van der Waals surface area contributed by atoms with Crippen LogP contribution < -0.4 is 26.6 Å². The van der Waals surface area contributed by atoms with Crippen LogP contribution in [0, 0.1) is 24.2 Å². The van der Waals surface area contributed by atoms with Crippen LogP contribution in [0.25, 0.3) is 10.9 Å². The van der Waals surface area contributed by atoms with E-state index in [1.807, 2.05) is 39.0 Å². The average Bonchev–Trinajstić information content (AvgIpc) is 4.18. The monoisotopic (exact) mass is 1060 g/mol. The zero-order chi connectivity index (χ0) is 52.6. The highest BCUT2D eigenvalue weighted by Gasteiger charge is 2.34. The number of rotatable bonds is 28. The Morgan fingerprint density at radius 3 is 1.80 bits per heavy atom. The summed E-state index contributed by atoms with van der Waals surface area (Å²) in [4.78, 5) is 66.2. The van der Waals surface area contributed by atoms with Gasteiger partial charge < -0.3 is 60.7 Å². The Balaban J connectivity index is 0.00000914. The third kappa shape index (κ3) is 16.5. The van der Waals surface area contributed by atoms with Crippen LogP contribution in [0.2, 0.25) is 0 Å². The number of hydrogen-bond donors (Lipinski definition) is 5. The van der Waals surface area contributed by atoms with Gasteiger partial charge in [0.2, 0.25) is 29.7 Å². The maximum absolute atomic E-state index is 14.7. The largest absolute Gasteiger partial charge is 0.481 e. The summed E-state index contributed by atoms with van der Waals surface area (Å²) in [6.07, 6.45) is 10.3. The number of aromatic amines is 1. The van der Waals surface area contributed by atoms with E-state index in [1.54, 1.807) is 22.0 Å². The predicted octanol–water partition coefficient (Wildman–Crippen LogP) is 3.03. The van der Waals surface area contributed by atoms with Gasteiger partial charge in [0, 0.05) is 83.0 Å². The van der Waals surface area contributed by atoms with E-state index in [1.165, 1.54) is 4.68 Å². The van der Waals surface area contributed by atoms with Crippen LogP contribution >= 0.6 is 12.4 Å². The normalized spacial score (nSPS) is 15.7. The predicted molar refractivity (Wildman–Crippen MR) is 284 cm³/mol. The molecule has 2 fully saturated rings. The van der Waals surface area contributed by atoms with Gasteiger partial charge in [0.1, 0.15) is 18.7 Å². The summed E-state index contributed by atoms with van der Waals surface area (Å²) < 4.78 is 19.7. The molecule has 2 aliphatic rings. The number of ether oxygens (including phenoxy) is 3. The number of amides is 2. The lowest BCUT2D eigenvalue weighted by Crippen LogP contribution is -2.52. The van der Waals surface area contributed by atoms with Crippen LogP contribution in [0.3, 0.4) is 0 Å². The molecule has 0 spiro atoms. The minimum absolute atomic E-state index is 0. The van der Waals surface area contributed by atoms with Crippen molar-refractivity contribution in [1.29, 1.82) is 0 Å². The number of hydrogen-bond acceptors (Lipinski definition) is 18.